The standard InChI is InChI=1S/C22H23ClN4O/c1-17-9-10-24-27(17)21-7-5-19(6-8-21)22(28)26-13-11-25(12-14-26)16-18-3-2-4-20(23)15-18/h2-10,15H,11-14,16H2,1H3/p+1. The van der Waals surface area contributed by atoms with Crippen LogP contribution in [0.4, 0.5) is 0 Å². The summed E-state index contributed by atoms with van der Waals surface area (Å²) in [6.07, 6.45) is 1.78. The largest absolute Gasteiger partial charge is 0.328 e. The normalized spacial score (nSPS) is 15.0. The molecule has 1 N–H and O–H groups in total. The number of halogens is 1. The predicted octanol–water partition coefficient (Wildman–Crippen LogP) is 2.38. The van der Waals surface area contributed by atoms with E-state index in [1.165, 1.54) is 10.5 Å². The number of quaternary nitrogens is 1. The van der Waals surface area contributed by atoms with Gasteiger partial charge < -0.3 is 9.80 Å². The van der Waals surface area contributed by atoms with Crippen LogP contribution < -0.4 is 4.90 Å². The van der Waals surface area contributed by atoms with E-state index in [-0.39, 0.29) is 5.91 Å². The van der Waals surface area contributed by atoms with Gasteiger partial charge in [-0.25, -0.2) is 4.68 Å². The summed E-state index contributed by atoms with van der Waals surface area (Å²) in [5, 5.41) is 5.09. The summed E-state index contributed by atoms with van der Waals surface area (Å²) in [6.45, 7) is 6.40. The first-order valence-corrected chi connectivity index (χ1v) is 9.96. The SMILES string of the molecule is Cc1ccnn1-c1ccc(C(=O)N2CC[NH+](Cc3cccc(Cl)c3)CC2)cc1. The molecule has 0 unspecified atom stereocenters. The van der Waals surface area contributed by atoms with Crippen molar-refractivity contribution in [2.24, 2.45) is 0 Å². The molecule has 144 valence electrons. The molecule has 1 aromatic heterocycles. The van der Waals surface area contributed by atoms with Crippen molar-refractivity contribution in [2.75, 3.05) is 26.2 Å². The quantitative estimate of drug-likeness (QED) is 0.737. The molecule has 0 bridgehead atoms. The molecule has 0 aliphatic carbocycles. The number of piperazine rings is 1. The first-order chi connectivity index (χ1) is 13.6. The van der Waals surface area contributed by atoms with E-state index in [9.17, 15) is 4.79 Å². The second kappa shape index (κ2) is 8.17. The van der Waals surface area contributed by atoms with Gasteiger partial charge in [0.1, 0.15) is 6.54 Å². The maximum absolute atomic E-state index is 12.9. The summed E-state index contributed by atoms with van der Waals surface area (Å²) in [4.78, 5) is 16.3. The Balaban J connectivity index is 1.35. The Hall–Kier alpha value is -2.63. The average Bonchev–Trinajstić information content (AvgIpc) is 3.14. The van der Waals surface area contributed by atoms with Crippen LogP contribution in [-0.2, 0) is 6.54 Å². The van der Waals surface area contributed by atoms with Gasteiger partial charge in [0.15, 0.2) is 0 Å². The van der Waals surface area contributed by atoms with Gasteiger partial charge in [-0.2, -0.15) is 5.10 Å². The second-order valence-corrected chi connectivity index (χ2v) is 7.72. The Bertz CT molecular complexity index is 959. The second-order valence-electron chi connectivity index (χ2n) is 7.28. The molecule has 1 saturated heterocycles. The summed E-state index contributed by atoms with van der Waals surface area (Å²) < 4.78 is 1.87. The molecule has 0 atom stereocenters. The van der Waals surface area contributed by atoms with Crippen LogP contribution in [-0.4, -0.2) is 46.8 Å². The highest BCUT2D eigenvalue weighted by Gasteiger charge is 2.24. The molecule has 1 aliphatic rings. The van der Waals surface area contributed by atoms with Crippen LogP contribution in [0.3, 0.4) is 0 Å². The first kappa shape index (κ1) is 18.7. The van der Waals surface area contributed by atoms with E-state index in [1.54, 1.807) is 6.20 Å². The Morgan fingerprint density at radius 2 is 1.86 bits per heavy atom. The zero-order valence-corrected chi connectivity index (χ0v) is 16.7. The van der Waals surface area contributed by atoms with Gasteiger partial charge in [-0.1, -0.05) is 23.7 Å². The molecule has 2 aromatic carbocycles. The first-order valence-electron chi connectivity index (χ1n) is 9.58. The van der Waals surface area contributed by atoms with E-state index in [0.29, 0.717) is 0 Å². The van der Waals surface area contributed by atoms with Gasteiger partial charge in [0.25, 0.3) is 5.91 Å². The van der Waals surface area contributed by atoms with Crippen LogP contribution >= 0.6 is 11.6 Å². The van der Waals surface area contributed by atoms with E-state index in [4.69, 9.17) is 11.6 Å². The zero-order chi connectivity index (χ0) is 19.5. The number of hydrogen-bond donors (Lipinski definition) is 1. The van der Waals surface area contributed by atoms with Crippen molar-refractivity contribution in [3.8, 4) is 5.69 Å². The van der Waals surface area contributed by atoms with Crippen molar-refractivity contribution in [3.63, 3.8) is 0 Å². The third-order valence-electron chi connectivity index (χ3n) is 5.29. The third kappa shape index (κ3) is 4.11. The fourth-order valence-electron chi connectivity index (χ4n) is 3.71. The van der Waals surface area contributed by atoms with Crippen molar-refractivity contribution in [2.45, 2.75) is 13.5 Å². The molecule has 1 amide bonds. The fourth-order valence-corrected chi connectivity index (χ4v) is 3.92. The van der Waals surface area contributed by atoms with Gasteiger partial charge in [-0.3, -0.25) is 4.79 Å². The lowest BCUT2D eigenvalue weighted by molar-refractivity contribution is -0.917. The van der Waals surface area contributed by atoms with Crippen LogP contribution in [0.25, 0.3) is 5.69 Å². The molecule has 0 saturated carbocycles. The molecule has 1 fully saturated rings. The number of carbonyl (C=O) groups is 1. The predicted molar refractivity (Wildman–Crippen MR) is 110 cm³/mol. The van der Waals surface area contributed by atoms with E-state index >= 15 is 0 Å². The number of aryl methyl sites for hydroxylation is 1. The number of carbonyl (C=O) groups excluding carboxylic acids is 1. The molecule has 4 rings (SSSR count). The van der Waals surface area contributed by atoms with Crippen molar-refractivity contribution in [3.05, 3.63) is 82.6 Å². The van der Waals surface area contributed by atoms with Gasteiger partial charge in [0, 0.05) is 28.0 Å². The minimum atomic E-state index is 0.102. The number of rotatable bonds is 4. The molecular weight excluding hydrogens is 372 g/mol. The van der Waals surface area contributed by atoms with Crippen LogP contribution in [0.2, 0.25) is 5.02 Å². The summed E-state index contributed by atoms with van der Waals surface area (Å²) >= 11 is 6.08. The van der Waals surface area contributed by atoms with E-state index < -0.39 is 0 Å². The van der Waals surface area contributed by atoms with E-state index in [1.807, 2.05) is 65.0 Å². The van der Waals surface area contributed by atoms with Crippen LogP contribution in [0.5, 0.6) is 0 Å². The van der Waals surface area contributed by atoms with Crippen LogP contribution in [0, 0.1) is 6.92 Å². The number of amides is 1. The molecule has 3 aromatic rings. The van der Waals surface area contributed by atoms with E-state index in [0.717, 1.165) is 54.7 Å². The molecule has 28 heavy (non-hydrogen) atoms. The summed E-state index contributed by atoms with van der Waals surface area (Å²) in [6, 6.07) is 17.7. The average molecular weight is 396 g/mol. The molecule has 0 radical (unpaired) electrons. The van der Waals surface area contributed by atoms with Crippen LogP contribution in [0.15, 0.2) is 60.8 Å². The highest BCUT2D eigenvalue weighted by atomic mass is 35.5. The van der Waals surface area contributed by atoms with Crippen LogP contribution in [0.1, 0.15) is 21.6 Å². The fraction of sp³-hybridized carbons (Fsp3) is 0.273. The van der Waals surface area contributed by atoms with Gasteiger partial charge in [0.2, 0.25) is 0 Å². The minimum Gasteiger partial charge on any atom is -0.328 e. The zero-order valence-electron chi connectivity index (χ0n) is 15.9. The van der Waals surface area contributed by atoms with Gasteiger partial charge in [0.05, 0.1) is 31.9 Å². The molecule has 2 heterocycles. The maximum atomic E-state index is 12.9. The van der Waals surface area contributed by atoms with E-state index in [2.05, 4.69) is 11.2 Å². The maximum Gasteiger partial charge on any atom is 0.254 e. The lowest BCUT2D eigenvalue weighted by Crippen LogP contribution is -3.13. The Morgan fingerprint density at radius 1 is 1.11 bits per heavy atom. The number of hydrogen-bond acceptors (Lipinski definition) is 2. The third-order valence-corrected chi connectivity index (χ3v) is 5.53. The minimum absolute atomic E-state index is 0.102. The smallest absolute Gasteiger partial charge is 0.254 e. The molecule has 6 heteroatoms. The number of nitrogens with one attached hydrogen (secondary N) is 1. The number of aromatic nitrogens is 2. The van der Waals surface area contributed by atoms with Gasteiger partial charge in [-0.15, -0.1) is 0 Å². The Labute approximate surface area is 170 Å². The molecular formula is C22H24ClN4O+. The summed E-state index contributed by atoms with van der Waals surface area (Å²) in [5.41, 5.74) is 4.01. The Kier molecular flexibility index (Phi) is 5.46. The van der Waals surface area contributed by atoms with Crippen molar-refractivity contribution in [1.82, 2.24) is 14.7 Å². The highest BCUT2D eigenvalue weighted by molar-refractivity contribution is 6.30. The summed E-state index contributed by atoms with van der Waals surface area (Å²) in [7, 11) is 0. The topological polar surface area (TPSA) is 42.6 Å². The van der Waals surface area contributed by atoms with Gasteiger partial charge in [-0.05, 0) is 49.4 Å². The lowest BCUT2D eigenvalue weighted by atomic mass is 10.1. The Morgan fingerprint density at radius 3 is 2.50 bits per heavy atom. The molecule has 1 aliphatic heterocycles. The number of nitrogens with zero attached hydrogens (tertiary/aromatic N) is 3. The van der Waals surface area contributed by atoms with Gasteiger partial charge >= 0.3 is 0 Å². The molecule has 0 spiro atoms. The van der Waals surface area contributed by atoms with Crippen molar-refractivity contribution >= 4 is 17.5 Å². The highest BCUT2D eigenvalue weighted by Crippen LogP contribution is 2.13. The van der Waals surface area contributed by atoms with Crippen molar-refractivity contribution < 1.29 is 9.69 Å². The molecule has 5 nitrogen and oxygen atoms in total. The monoisotopic (exact) mass is 395 g/mol. The summed E-state index contributed by atoms with van der Waals surface area (Å²) in [5.74, 6) is 0.102. The van der Waals surface area contributed by atoms with Crippen molar-refractivity contribution in [1.29, 1.82) is 0 Å². The lowest BCUT2D eigenvalue weighted by Gasteiger charge is -2.32. The number of benzene rings is 2.